The zero-order valence-corrected chi connectivity index (χ0v) is 21.2. The van der Waals surface area contributed by atoms with Gasteiger partial charge in [-0.2, -0.15) is 0 Å². The van der Waals surface area contributed by atoms with Crippen LogP contribution in [-0.4, -0.2) is 48.9 Å². The van der Waals surface area contributed by atoms with E-state index in [1.54, 1.807) is 63.0 Å². The summed E-state index contributed by atoms with van der Waals surface area (Å²) in [5.41, 5.74) is 6.18. The van der Waals surface area contributed by atoms with Crippen LogP contribution in [0.25, 0.3) is 0 Å². The number of methoxy groups -OCH3 is 2. The Kier molecular flexibility index (Phi) is 6.08. The number of benzene rings is 4. The maximum atomic E-state index is 10.5. The summed E-state index contributed by atoms with van der Waals surface area (Å²) in [6.07, 6.45) is 3.44. The van der Waals surface area contributed by atoms with E-state index >= 15 is 0 Å². The third-order valence-electron chi connectivity index (χ3n) is 7.61. The number of hydrogen-bond acceptors (Lipinski definition) is 6. The third-order valence-corrected chi connectivity index (χ3v) is 7.61. The molecule has 4 aromatic rings. The summed E-state index contributed by atoms with van der Waals surface area (Å²) in [6.45, 7) is 0. The highest BCUT2D eigenvalue weighted by Gasteiger charge is 2.49. The van der Waals surface area contributed by atoms with Crippen molar-refractivity contribution < 1.29 is 19.7 Å². The topological polar surface area (TPSA) is 83.6 Å². The highest BCUT2D eigenvalue weighted by molar-refractivity contribution is 5.86. The molecule has 0 amide bonds. The Labute approximate surface area is 221 Å². The first kappa shape index (κ1) is 23.8. The SMILES string of the molecule is COc1ccc(O)c(C=N[C@@H]2C3c4ccccc4C(c4ccccc43)[C@H]2N=Cc2cc(OC)ccc2O)c1. The van der Waals surface area contributed by atoms with Crippen molar-refractivity contribution >= 4 is 12.4 Å². The maximum Gasteiger partial charge on any atom is 0.124 e. The molecule has 2 atom stereocenters. The van der Waals surface area contributed by atoms with Crippen LogP contribution in [0.4, 0.5) is 0 Å². The van der Waals surface area contributed by atoms with Gasteiger partial charge in [0.15, 0.2) is 0 Å². The van der Waals surface area contributed by atoms with Gasteiger partial charge in [0.05, 0.1) is 26.3 Å². The summed E-state index contributed by atoms with van der Waals surface area (Å²) in [4.78, 5) is 10.2. The van der Waals surface area contributed by atoms with Crippen LogP contribution in [0.3, 0.4) is 0 Å². The van der Waals surface area contributed by atoms with E-state index < -0.39 is 0 Å². The minimum Gasteiger partial charge on any atom is -0.507 e. The van der Waals surface area contributed by atoms with Crippen LogP contribution < -0.4 is 9.47 Å². The second-order valence-corrected chi connectivity index (χ2v) is 9.60. The molecule has 190 valence electrons. The molecule has 4 aromatic carbocycles. The van der Waals surface area contributed by atoms with Crippen LogP contribution >= 0.6 is 0 Å². The van der Waals surface area contributed by atoms with Gasteiger partial charge in [0.2, 0.25) is 0 Å². The number of aromatic hydroxyl groups is 2. The fourth-order valence-electron chi connectivity index (χ4n) is 5.83. The molecule has 0 aromatic heterocycles. The average molecular weight is 505 g/mol. The Morgan fingerprint density at radius 1 is 0.579 bits per heavy atom. The van der Waals surface area contributed by atoms with E-state index in [9.17, 15) is 10.2 Å². The van der Waals surface area contributed by atoms with Crippen LogP contribution in [0.5, 0.6) is 23.0 Å². The molecule has 0 spiro atoms. The smallest absolute Gasteiger partial charge is 0.124 e. The zero-order chi connectivity index (χ0) is 26.2. The second kappa shape index (κ2) is 9.71. The lowest BCUT2D eigenvalue weighted by molar-refractivity contribution is 0.390. The van der Waals surface area contributed by atoms with Crippen LogP contribution in [-0.2, 0) is 0 Å². The summed E-state index contributed by atoms with van der Waals surface area (Å²) < 4.78 is 10.7. The molecule has 0 saturated carbocycles. The van der Waals surface area contributed by atoms with E-state index in [2.05, 4.69) is 48.5 Å². The molecular weight excluding hydrogens is 476 g/mol. The lowest BCUT2D eigenvalue weighted by atomic mass is 9.59. The number of phenols is 2. The minimum atomic E-state index is -0.223. The van der Waals surface area contributed by atoms with Crippen molar-refractivity contribution in [3.8, 4) is 23.0 Å². The summed E-state index contributed by atoms with van der Waals surface area (Å²) in [5, 5.41) is 21.0. The number of rotatable bonds is 6. The fraction of sp³-hybridized carbons (Fsp3) is 0.188. The molecule has 0 unspecified atom stereocenters. The first-order valence-corrected chi connectivity index (χ1v) is 12.6. The van der Waals surface area contributed by atoms with Crippen molar-refractivity contribution in [2.75, 3.05) is 14.2 Å². The van der Waals surface area contributed by atoms with Gasteiger partial charge in [0.25, 0.3) is 0 Å². The first-order valence-electron chi connectivity index (χ1n) is 12.6. The molecule has 3 aliphatic carbocycles. The number of aliphatic imine (C=N–C) groups is 2. The van der Waals surface area contributed by atoms with Gasteiger partial charge < -0.3 is 19.7 Å². The Morgan fingerprint density at radius 2 is 0.947 bits per heavy atom. The number of ether oxygens (including phenoxy) is 2. The summed E-state index contributed by atoms with van der Waals surface area (Å²) in [5.74, 6) is 1.56. The Bertz CT molecular complexity index is 1400. The molecule has 2 bridgehead atoms. The highest BCUT2D eigenvalue weighted by Crippen LogP contribution is 2.54. The molecular formula is C32H28N2O4. The molecule has 0 aliphatic heterocycles. The van der Waals surface area contributed by atoms with E-state index in [0.717, 1.165) is 0 Å². The number of phenolic OH excluding ortho intramolecular Hbond substituents is 2. The largest absolute Gasteiger partial charge is 0.507 e. The van der Waals surface area contributed by atoms with Crippen LogP contribution in [0.2, 0.25) is 0 Å². The van der Waals surface area contributed by atoms with Crippen molar-refractivity contribution in [1.29, 1.82) is 0 Å². The summed E-state index contributed by atoms with van der Waals surface area (Å²) >= 11 is 0. The van der Waals surface area contributed by atoms with Crippen molar-refractivity contribution in [3.63, 3.8) is 0 Å². The van der Waals surface area contributed by atoms with Gasteiger partial charge in [-0.25, -0.2) is 0 Å². The van der Waals surface area contributed by atoms with Gasteiger partial charge in [-0.1, -0.05) is 48.5 Å². The summed E-state index contributed by atoms with van der Waals surface area (Å²) in [6, 6.07) is 26.8. The predicted molar refractivity (Wildman–Crippen MR) is 149 cm³/mol. The van der Waals surface area contributed by atoms with Gasteiger partial charge in [-0.15, -0.1) is 0 Å². The van der Waals surface area contributed by atoms with Crippen molar-refractivity contribution in [1.82, 2.24) is 0 Å². The molecule has 38 heavy (non-hydrogen) atoms. The van der Waals surface area contributed by atoms with E-state index in [-0.39, 0.29) is 35.4 Å². The predicted octanol–water partition coefficient (Wildman–Crippen LogP) is 5.68. The van der Waals surface area contributed by atoms with E-state index in [4.69, 9.17) is 19.5 Å². The third kappa shape index (κ3) is 3.98. The normalized spacial score (nSPS) is 21.4. The Hall–Kier alpha value is -4.58. The van der Waals surface area contributed by atoms with Gasteiger partial charge in [0, 0.05) is 35.4 Å². The molecule has 6 nitrogen and oxygen atoms in total. The zero-order valence-electron chi connectivity index (χ0n) is 21.2. The van der Waals surface area contributed by atoms with Crippen LogP contribution in [0.1, 0.15) is 45.2 Å². The quantitative estimate of drug-likeness (QED) is 0.331. The molecule has 0 fully saturated rings. The van der Waals surface area contributed by atoms with Gasteiger partial charge in [-0.05, 0) is 58.7 Å². The van der Waals surface area contributed by atoms with Crippen molar-refractivity contribution in [2.45, 2.75) is 23.9 Å². The lowest BCUT2D eigenvalue weighted by Crippen LogP contribution is -2.45. The number of hydrogen-bond donors (Lipinski definition) is 2. The molecule has 0 saturated heterocycles. The molecule has 6 heteroatoms. The van der Waals surface area contributed by atoms with Crippen LogP contribution in [0, 0.1) is 0 Å². The van der Waals surface area contributed by atoms with E-state index in [1.165, 1.54) is 22.3 Å². The van der Waals surface area contributed by atoms with Gasteiger partial charge >= 0.3 is 0 Å². The molecule has 0 radical (unpaired) electrons. The second-order valence-electron chi connectivity index (χ2n) is 9.60. The van der Waals surface area contributed by atoms with Crippen molar-refractivity contribution in [2.24, 2.45) is 9.98 Å². The van der Waals surface area contributed by atoms with E-state index in [0.29, 0.717) is 22.6 Å². The highest BCUT2D eigenvalue weighted by atomic mass is 16.5. The van der Waals surface area contributed by atoms with E-state index in [1.807, 2.05) is 0 Å². The first-order chi connectivity index (χ1) is 18.6. The lowest BCUT2D eigenvalue weighted by Gasteiger charge is -2.47. The van der Waals surface area contributed by atoms with Gasteiger partial charge in [0.1, 0.15) is 23.0 Å². The Morgan fingerprint density at radius 3 is 1.29 bits per heavy atom. The molecule has 7 rings (SSSR count). The standard InChI is InChI=1S/C32H28N2O4/c1-37-21-11-13-27(35)19(15-21)17-33-31-29-23-7-3-5-9-25(23)30(26-10-6-4-8-24(26)29)32(31)34-18-20-16-22(38-2)12-14-28(20)36/h3-18,29-32,35-36H,1-2H3/t29?,30?,31-,32-/m1/s1. The summed E-state index contributed by atoms with van der Waals surface area (Å²) in [7, 11) is 3.19. The molecule has 2 N–H and O–H groups in total. The number of nitrogens with zero attached hydrogens (tertiary/aromatic N) is 2. The minimum absolute atomic E-state index is 0.00235. The Balaban J connectivity index is 1.49. The van der Waals surface area contributed by atoms with Crippen molar-refractivity contribution in [3.05, 3.63) is 118 Å². The average Bonchev–Trinajstić information content (AvgIpc) is 2.96. The van der Waals surface area contributed by atoms with Gasteiger partial charge in [-0.3, -0.25) is 9.98 Å². The fourth-order valence-corrected chi connectivity index (χ4v) is 5.83. The monoisotopic (exact) mass is 504 g/mol. The molecule has 0 heterocycles. The van der Waals surface area contributed by atoms with Crippen LogP contribution in [0.15, 0.2) is 94.9 Å². The maximum absolute atomic E-state index is 10.5. The number of fused-ring (bicyclic) bond motifs is 1. The molecule has 3 aliphatic rings.